The third kappa shape index (κ3) is 2.87. The molecule has 1 aliphatic rings. The van der Waals surface area contributed by atoms with E-state index >= 15 is 0 Å². The lowest BCUT2D eigenvalue weighted by Crippen LogP contribution is -2.39. The number of rotatable bonds is 4. The Kier molecular flexibility index (Phi) is 4.05. The Bertz CT molecular complexity index is 550. The molecule has 2 heterocycles. The average molecular weight is 288 g/mol. The van der Waals surface area contributed by atoms with E-state index in [0.29, 0.717) is 5.75 Å². The zero-order valence-corrected chi connectivity index (χ0v) is 10.8. The number of aliphatic hydroxyl groups excluding tert-OH is 1. The summed E-state index contributed by atoms with van der Waals surface area (Å²) in [5, 5.41) is 8.80. The molecule has 1 aromatic heterocycles. The molecule has 1 aromatic rings. The Hall–Kier alpha value is -1.61. The number of nitrogens with zero attached hydrogens (tertiary/aromatic N) is 3. The maximum atomic E-state index is 13.2. The fraction of sp³-hybridized carbons (Fsp3) is 0.500. The standard InChI is InChI=1S/C10H13FN4O3S/c11-6-3-14(10(18)13-9(6)12)1-2-15-7(17)5-19-8(15)4-16/h3,8,16H,1-2,4-5H2,(H2,12,13,18)/t8-/m0/s1. The van der Waals surface area contributed by atoms with Crippen LogP contribution in [0.2, 0.25) is 0 Å². The summed E-state index contributed by atoms with van der Waals surface area (Å²) in [5.41, 5.74) is 4.51. The van der Waals surface area contributed by atoms with Gasteiger partial charge in [0, 0.05) is 19.3 Å². The third-order valence-corrected chi connectivity index (χ3v) is 3.98. The fourth-order valence-corrected chi connectivity index (χ4v) is 2.78. The van der Waals surface area contributed by atoms with E-state index in [1.54, 1.807) is 0 Å². The molecule has 1 aliphatic heterocycles. The molecule has 2 rings (SSSR count). The number of anilines is 1. The molecular weight excluding hydrogens is 275 g/mol. The molecule has 3 N–H and O–H groups in total. The van der Waals surface area contributed by atoms with Crippen LogP contribution in [0.1, 0.15) is 0 Å². The second kappa shape index (κ2) is 5.57. The smallest absolute Gasteiger partial charge is 0.349 e. The molecule has 0 aliphatic carbocycles. The maximum absolute atomic E-state index is 13.2. The number of halogens is 1. The van der Waals surface area contributed by atoms with Gasteiger partial charge in [0.2, 0.25) is 5.91 Å². The number of amides is 1. The number of nitrogens with two attached hydrogens (primary N) is 1. The molecule has 0 radical (unpaired) electrons. The minimum Gasteiger partial charge on any atom is -0.393 e. The maximum Gasteiger partial charge on any atom is 0.349 e. The molecular formula is C10H13FN4O3S. The third-order valence-electron chi connectivity index (χ3n) is 2.78. The summed E-state index contributed by atoms with van der Waals surface area (Å²) in [6, 6.07) is 0. The first kappa shape index (κ1) is 13.8. The normalized spacial score (nSPS) is 19.2. The van der Waals surface area contributed by atoms with E-state index in [1.165, 1.54) is 16.7 Å². The summed E-state index contributed by atoms with van der Waals surface area (Å²) >= 11 is 1.33. The molecule has 1 saturated heterocycles. The molecule has 9 heteroatoms. The van der Waals surface area contributed by atoms with Crippen molar-refractivity contribution in [2.45, 2.75) is 11.9 Å². The van der Waals surface area contributed by atoms with Crippen LogP contribution in [-0.4, -0.2) is 49.7 Å². The van der Waals surface area contributed by atoms with E-state index in [0.717, 1.165) is 10.8 Å². The van der Waals surface area contributed by atoms with Crippen molar-refractivity contribution in [1.29, 1.82) is 0 Å². The molecule has 0 bridgehead atoms. The van der Waals surface area contributed by atoms with Crippen LogP contribution in [-0.2, 0) is 11.3 Å². The van der Waals surface area contributed by atoms with E-state index in [4.69, 9.17) is 10.8 Å². The van der Waals surface area contributed by atoms with Gasteiger partial charge in [0.05, 0.1) is 12.4 Å². The Morgan fingerprint density at radius 2 is 2.26 bits per heavy atom. The van der Waals surface area contributed by atoms with Gasteiger partial charge < -0.3 is 15.7 Å². The second-order valence-electron chi connectivity index (χ2n) is 3.99. The van der Waals surface area contributed by atoms with Crippen molar-refractivity contribution in [3.05, 3.63) is 22.5 Å². The highest BCUT2D eigenvalue weighted by Gasteiger charge is 2.30. The zero-order chi connectivity index (χ0) is 14.0. The van der Waals surface area contributed by atoms with Gasteiger partial charge >= 0.3 is 5.69 Å². The van der Waals surface area contributed by atoms with Crippen molar-refractivity contribution in [2.75, 3.05) is 24.6 Å². The van der Waals surface area contributed by atoms with Gasteiger partial charge in [0.1, 0.15) is 5.37 Å². The number of hydrogen-bond donors (Lipinski definition) is 2. The molecule has 0 spiro atoms. The monoisotopic (exact) mass is 288 g/mol. The van der Waals surface area contributed by atoms with Gasteiger partial charge in [0.15, 0.2) is 11.6 Å². The van der Waals surface area contributed by atoms with Gasteiger partial charge in [-0.1, -0.05) is 0 Å². The lowest BCUT2D eigenvalue weighted by Gasteiger charge is -2.22. The summed E-state index contributed by atoms with van der Waals surface area (Å²) in [4.78, 5) is 27.8. The summed E-state index contributed by atoms with van der Waals surface area (Å²) in [6.45, 7) is 0.160. The number of carbonyl (C=O) groups excluding carboxylic acids is 1. The summed E-state index contributed by atoms with van der Waals surface area (Å²) < 4.78 is 14.3. The molecule has 1 atom stereocenters. The van der Waals surface area contributed by atoms with Gasteiger partial charge in [-0.25, -0.2) is 9.18 Å². The highest BCUT2D eigenvalue weighted by atomic mass is 32.2. The summed E-state index contributed by atoms with van der Waals surface area (Å²) in [7, 11) is 0. The molecule has 0 aromatic carbocycles. The number of nitrogen functional groups attached to an aromatic ring is 1. The number of carbonyl (C=O) groups is 1. The minimum absolute atomic E-state index is 0.103. The van der Waals surface area contributed by atoms with E-state index in [1.807, 2.05) is 0 Å². The zero-order valence-electron chi connectivity index (χ0n) is 9.95. The number of aromatic nitrogens is 2. The van der Waals surface area contributed by atoms with Crippen LogP contribution < -0.4 is 11.4 Å². The quantitative estimate of drug-likeness (QED) is 0.726. The molecule has 7 nitrogen and oxygen atoms in total. The van der Waals surface area contributed by atoms with Crippen molar-refractivity contribution in [2.24, 2.45) is 0 Å². The van der Waals surface area contributed by atoms with Gasteiger partial charge in [-0.15, -0.1) is 11.8 Å². The topological polar surface area (TPSA) is 101 Å². The molecule has 104 valence electrons. The molecule has 1 amide bonds. The van der Waals surface area contributed by atoms with Gasteiger partial charge in [-0.3, -0.25) is 9.36 Å². The van der Waals surface area contributed by atoms with E-state index < -0.39 is 17.3 Å². The van der Waals surface area contributed by atoms with Crippen LogP contribution in [0.4, 0.5) is 10.2 Å². The number of thioether (sulfide) groups is 1. The van der Waals surface area contributed by atoms with Crippen LogP contribution in [0.5, 0.6) is 0 Å². The van der Waals surface area contributed by atoms with Crippen molar-refractivity contribution in [3.63, 3.8) is 0 Å². The highest BCUT2D eigenvalue weighted by molar-refractivity contribution is 8.01. The van der Waals surface area contributed by atoms with Crippen molar-refractivity contribution < 1.29 is 14.3 Å². The largest absolute Gasteiger partial charge is 0.393 e. The highest BCUT2D eigenvalue weighted by Crippen LogP contribution is 2.23. The van der Waals surface area contributed by atoms with Crippen molar-refractivity contribution in [3.8, 4) is 0 Å². The van der Waals surface area contributed by atoms with Crippen molar-refractivity contribution >= 4 is 23.5 Å². The fourth-order valence-electron chi connectivity index (χ4n) is 1.78. The van der Waals surface area contributed by atoms with E-state index in [2.05, 4.69) is 4.98 Å². The summed E-state index contributed by atoms with van der Waals surface area (Å²) in [6.07, 6.45) is 0.965. The second-order valence-corrected chi connectivity index (χ2v) is 5.15. The van der Waals surface area contributed by atoms with Crippen LogP contribution in [0.3, 0.4) is 0 Å². The van der Waals surface area contributed by atoms with E-state index in [-0.39, 0.29) is 31.0 Å². The lowest BCUT2D eigenvalue weighted by molar-refractivity contribution is -0.128. The molecule has 0 unspecified atom stereocenters. The predicted molar refractivity (Wildman–Crippen MR) is 67.9 cm³/mol. The summed E-state index contributed by atoms with van der Waals surface area (Å²) in [5.74, 6) is -1.03. The van der Waals surface area contributed by atoms with E-state index in [9.17, 15) is 14.0 Å². The lowest BCUT2D eigenvalue weighted by atomic mass is 10.4. The molecule has 0 saturated carbocycles. The Balaban J connectivity index is 2.08. The van der Waals surface area contributed by atoms with Crippen molar-refractivity contribution in [1.82, 2.24) is 14.5 Å². The predicted octanol–water partition coefficient (Wildman–Crippen LogP) is -1.14. The first-order valence-electron chi connectivity index (χ1n) is 5.57. The minimum atomic E-state index is -0.777. The van der Waals surface area contributed by atoms with Crippen LogP contribution >= 0.6 is 11.8 Å². The SMILES string of the molecule is Nc1nc(=O)n(CCN2C(=O)CS[C@H]2CO)cc1F. The Morgan fingerprint density at radius 1 is 1.53 bits per heavy atom. The van der Waals surface area contributed by atoms with Crippen LogP contribution in [0.15, 0.2) is 11.0 Å². The first-order chi connectivity index (χ1) is 9.02. The number of hydrogen-bond acceptors (Lipinski definition) is 6. The van der Waals surface area contributed by atoms with Crippen LogP contribution in [0.25, 0.3) is 0 Å². The van der Waals surface area contributed by atoms with Gasteiger partial charge in [0.25, 0.3) is 0 Å². The number of aliphatic hydroxyl groups is 1. The molecule has 19 heavy (non-hydrogen) atoms. The first-order valence-corrected chi connectivity index (χ1v) is 6.62. The Labute approximate surface area is 112 Å². The van der Waals surface area contributed by atoms with Gasteiger partial charge in [-0.2, -0.15) is 4.98 Å². The van der Waals surface area contributed by atoms with Crippen LogP contribution in [0, 0.1) is 5.82 Å². The Morgan fingerprint density at radius 3 is 2.95 bits per heavy atom. The van der Waals surface area contributed by atoms with Gasteiger partial charge in [-0.05, 0) is 0 Å². The molecule has 1 fully saturated rings. The average Bonchev–Trinajstić information content (AvgIpc) is 2.73.